The number of nitrogens with one attached hydrogen (secondary N) is 3. The van der Waals surface area contributed by atoms with Gasteiger partial charge in [-0.2, -0.15) is 0 Å². The number of benzene rings is 1. The highest BCUT2D eigenvalue weighted by Gasteiger charge is 2.23. The average Bonchev–Trinajstić information content (AvgIpc) is 3.08. The monoisotopic (exact) mass is 371 g/mol. The quantitative estimate of drug-likeness (QED) is 0.754. The molecule has 1 aliphatic heterocycles. The maximum Gasteiger partial charge on any atom is 0.317 e. The summed E-state index contributed by atoms with van der Waals surface area (Å²) in [6.45, 7) is 8.06. The fraction of sp³-hybridized carbons (Fsp3) is 0.550. The molecule has 0 radical (unpaired) electrons. The number of urea groups is 1. The highest BCUT2D eigenvalue weighted by Crippen LogP contribution is 2.19. The maximum absolute atomic E-state index is 12.3. The van der Waals surface area contributed by atoms with Crippen LogP contribution < -0.4 is 10.6 Å². The van der Waals surface area contributed by atoms with Crippen LogP contribution in [0.4, 0.5) is 4.79 Å². The summed E-state index contributed by atoms with van der Waals surface area (Å²) in [7, 11) is 0. The van der Waals surface area contributed by atoms with E-state index in [1.807, 2.05) is 17.9 Å². The number of likely N-dealkylation sites (tertiary alicyclic amines) is 1. The Morgan fingerprint density at radius 3 is 2.70 bits per heavy atom. The van der Waals surface area contributed by atoms with Crippen LogP contribution in [0.3, 0.4) is 0 Å². The number of carbonyl (C=O) groups is 2. The van der Waals surface area contributed by atoms with E-state index >= 15 is 0 Å². The molecule has 1 fully saturated rings. The van der Waals surface area contributed by atoms with Gasteiger partial charge < -0.3 is 20.5 Å². The lowest BCUT2D eigenvalue weighted by molar-refractivity contribution is -0.122. The summed E-state index contributed by atoms with van der Waals surface area (Å²) in [6.07, 6.45) is 2.60. The second kappa shape index (κ2) is 8.41. The number of aromatic nitrogens is 2. The van der Waals surface area contributed by atoms with E-state index in [1.54, 1.807) is 0 Å². The van der Waals surface area contributed by atoms with E-state index in [0.29, 0.717) is 32.5 Å². The molecule has 7 nitrogen and oxygen atoms in total. The molecule has 3 amide bonds. The molecule has 0 aliphatic carbocycles. The number of aryl methyl sites for hydroxylation is 3. The molecule has 0 unspecified atom stereocenters. The summed E-state index contributed by atoms with van der Waals surface area (Å²) in [5.41, 5.74) is 4.41. The first-order valence-corrected chi connectivity index (χ1v) is 9.75. The Kier molecular flexibility index (Phi) is 5.98. The standard InChI is InChI=1S/C20H29N5O2/c1-4-21-20(27)25-11-9-15(10-12-25)22-18(26)8-7-17-23-16-6-5-13(2)14(3)19(16)24-17/h5-6,15H,4,7-12H2,1-3H3,(H,21,27)(H,22,26)(H,23,24). The fourth-order valence-corrected chi connectivity index (χ4v) is 3.50. The van der Waals surface area contributed by atoms with Gasteiger partial charge in [0, 0.05) is 38.5 Å². The molecule has 1 aromatic heterocycles. The van der Waals surface area contributed by atoms with Crippen LogP contribution in [0.5, 0.6) is 0 Å². The number of rotatable bonds is 5. The normalized spacial score (nSPS) is 15.1. The molecular weight excluding hydrogens is 342 g/mol. The van der Waals surface area contributed by atoms with Gasteiger partial charge in [-0.15, -0.1) is 0 Å². The van der Waals surface area contributed by atoms with Gasteiger partial charge >= 0.3 is 6.03 Å². The predicted octanol–water partition coefficient (Wildman–Crippen LogP) is 2.42. The van der Waals surface area contributed by atoms with Gasteiger partial charge in [0.1, 0.15) is 5.82 Å². The van der Waals surface area contributed by atoms with Gasteiger partial charge in [0.25, 0.3) is 0 Å². The van der Waals surface area contributed by atoms with Crippen molar-refractivity contribution in [1.82, 2.24) is 25.5 Å². The van der Waals surface area contributed by atoms with Crippen LogP contribution >= 0.6 is 0 Å². The van der Waals surface area contributed by atoms with Crippen molar-refractivity contribution in [2.45, 2.75) is 52.5 Å². The zero-order valence-corrected chi connectivity index (χ0v) is 16.4. The molecule has 27 heavy (non-hydrogen) atoms. The van der Waals surface area contributed by atoms with Gasteiger partial charge in [0.05, 0.1) is 11.0 Å². The third-order valence-corrected chi connectivity index (χ3v) is 5.29. The highest BCUT2D eigenvalue weighted by atomic mass is 16.2. The molecule has 1 aliphatic rings. The Hall–Kier alpha value is -2.57. The minimum Gasteiger partial charge on any atom is -0.353 e. The summed E-state index contributed by atoms with van der Waals surface area (Å²) in [4.78, 5) is 33.9. The van der Waals surface area contributed by atoms with E-state index in [4.69, 9.17) is 0 Å². The Morgan fingerprint density at radius 1 is 1.26 bits per heavy atom. The molecule has 2 heterocycles. The number of carbonyl (C=O) groups excluding carboxylic acids is 2. The number of imidazole rings is 1. The Bertz CT molecular complexity index is 821. The zero-order chi connectivity index (χ0) is 19.4. The SMILES string of the molecule is CCNC(=O)N1CCC(NC(=O)CCc2nc3c(C)c(C)ccc3[nH]2)CC1. The van der Waals surface area contributed by atoms with Crippen LogP contribution in [0.2, 0.25) is 0 Å². The zero-order valence-electron chi connectivity index (χ0n) is 16.4. The molecule has 3 rings (SSSR count). The molecule has 0 bridgehead atoms. The molecule has 3 N–H and O–H groups in total. The molecule has 146 valence electrons. The van der Waals surface area contributed by atoms with E-state index in [2.05, 4.69) is 40.5 Å². The van der Waals surface area contributed by atoms with Crippen molar-refractivity contribution >= 4 is 23.0 Å². The number of aromatic amines is 1. The third-order valence-electron chi connectivity index (χ3n) is 5.29. The molecule has 0 spiro atoms. The van der Waals surface area contributed by atoms with Crippen molar-refractivity contribution < 1.29 is 9.59 Å². The summed E-state index contributed by atoms with van der Waals surface area (Å²) in [5.74, 6) is 0.889. The van der Waals surface area contributed by atoms with Crippen molar-refractivity contribution in [3.8, 4) is 0 Å². The maximum atomic E-state index is 12.3. The number of hydrogen-bond acceptors (Lipinski definition) is 3. The Morgan fingerprint density at radius 2 is 2.00 bits per heavy atom. The second-order valence-corrected chi connectivity index (χ2v) is 7.25. The van der Waals surface area contributed by atoms with E-state index in [-0.39, 0.29) is 18.0 Å². The van der Waals surface area contributed by atoms with Crippen LogP contribution in [0.25, 0.3) is 11.0 Å². The number of hydrogen-bond donors (Lipinski definition) is 3. The van der Waals surface area contributed by atoms with Crippen molar-refractivity contribution in [3.63, 3.8) is 0 Å². The van der Waals surface area contributed by atoms with Gasteiger partial charge in [-0.05, 0) is 50.8 Å². The summed E-state index contributed by atoms with van der Waals surface area (Å²) < 4.78 is 0. The lowest BCUT2D eigenvalue weighted by Gasteiger charge is -2.32. The first-order chi connectivity index (χ1) is 13.0. The topological polar surface area (TPSA) is 90.1 Å². The molecule has 0 atom stereocenters. The predicted molar refractivity (Wildman–Crippen MR) is 106 cm³/mol. The number of fused-ring (bicyclic) bond motifs is 1. The molecule has 0 saturated carbocycles. The lowest BCUT2D eigenvalue weighted by atomic mass is 10.0. The van der Waals surface area contributed by atoms with Crippen molar-refractivity contribution in [1.29, 1.82) is 0 Å². The number of amides is 3. The highest BCUT2D eigenvalue weighted by molar-refractivity contribution is 5.80. The molecule has 2 aromatic rings. The Balaban J connectivity index is 1.47. The largest absolute Gasteiger partial charge is 0.353 e. The summed E-state index contributed by atoms with van der Waals surface area (Å²) in [5, 5.41) is 5.91. The molecule has 1 aromatic carbocycles. The van der Waals surface area contributed by atoms with E-state index in [0.717, 1.165) is 29.7 Å². The average molecular weight is 371 g/mol. The Labute approximate surface area is 159 Å². The van der Waals surface area contributed by atoms with E-state index in [9.17, 15) is 9.59 Å². The molecular formula is C20H29N5O2. The van der Waals surface area contributed by atoms with Gasteiger partial charge in [-0.25, -0.2) is 9.78 Å². The molecule has 7 heteroatoms. The first kappa shape index (κ1) is 19.2. The van der Waals surface area contributed by atoms with Gasteiger partial charge in [-0.3, -0.25) is 4.79 Å². The summed E-state index contributed by atoms with van der Waals surface area (Å²) in [6, 6.07) is 4.25. The first-order valence-electron chi connectivity index (χ1n) is 9.75. The number of nitrogens with zero attached hydrogens (tertiary/aromatic N) is 2. The second-order valence-electron chi connectivity index (χ2n) is 7.25. The summed E-state index contributed by atoms with van der Waals surface area (Å²) >= 11 is 0. The fourth-order valence-electron chi connectivity index (χ4n) is 3.50. The van der Waals surface area contributed by atoms with Gasteiger partial charge in [-0.1, -0.05) is 6.07 Å². The van der Waals surface area contributed by atoms with Crippen molar-refractivity contribution in [2.75, 3.05) is 19.6 Å². The van der Waals surface area contributed by atoms with E-state index in [1.165, 1.54) is 11.1 Å². The minimum absolute atomic E-state index is 0.0160. The lowest BCUT2D eigenvalue weighted by Crippen LogP contribution is -2.49. The van der Waals surface area contributed by atoms with Gasteiger partial charge in [0.15, 0.2) is 0 Å². The number of H-pyrrole nitrogens is 1. The van der Waals surface area contributed by atoms with Crippen LogP contribution in [0.15, 0.2) is 12.1 Å². The van der Waals surface area contributed by atoms with Crippen LogP contribution in [0, 0.1) is 13.8 Å². The van der Waals surface area contributed by atoms with Crippen molar-refractivity contribution in [2.24, 2.45) is 0 Å². The van der Waals surface area contributed by atoms with E-state index < -0.39 is 0 Å². The smallest absolute Gasteiger partial charge is 0.317 e. The van der Waals surface area contributed by atoms with Crippen LogP contribution in [0.1, 0.15) is 43.1 Å². The minimum atomic E-state index is -0.0160. The van der Waals surface area contributed by atoms with Crippen LogP contribution in [-0.2, 0) is 11.2 Å². The number of piperidine rings is 1. The van der Waals surface area contributed by atoms with Crippen LogP contribution in [-0.4, -0.2) is 52.5 Å². The van der Waals surface area contributed by atoms with Gasteiger partial charge in [0.2, 0.25) is 5.91 Å². The van der Waals surface area contributed by atoms with Crippen molar-refractivity contribution in [3.05, 3.63) is 29.1 Å². The molecule has 1 saturated heterocycles. The third kappa shape index (κ3) is 4.59.